The van der Waals surface area contributed by atoms with Crippen LogP contribution < -0.4 is 0 Å². The molecule has 0 aromatic carbocycles. The number of amides is 1. The zero-order valence-electron chi connectivity index (χ0n) is 8.69. The van der Waals surface area contributed by atoms with Crippen molar-refractivity contribution in [3.63, 3.8) is 0 Å². The minimum Gasteiger partial charge on any atom is -0.394 e. The third kappa shape index (κ3) is 4.89. The SMILES string of the molecule is CN(CC(O)C(O)C(O)C(O)CO)C(=O)I. The van der Waals surface area contributed by atoms with Gasteiger partial charge in [-0.15, -0.1) is 0 Å². The van der Waals surface area contributed by atoms with Crippen molar-refractivity contribution in [3.8, 4) is 0 Å². The average molecular weight is 349 g/mol. The molecule has 0 saturated heterocycles. The minimum atomic E-state index is -1.67. The van der Waals surface area contributed by atoms with E-state index in [0.717, 1.165) is 4.90 Å². The van der Waals surface area contributed by atoms with Crippen molar-refractivity contribution in [1.82, 2.24) is 4.90 Å². The van der Waals surface area contributed by atoms with Crippen LogP contribution in [-0.2, 0) is 0 Å². The Morgan fingerprint density at radius 1 is 1.19 bits per heavy atom. The Morgan fingerprint density at radius 3 is 2.00 bits per heavy atom. The summed E-state index contributed by atoms with van der Waals surface area (Å²) in [7, 11) is 1.42. The Labute approximate surface area is 106 Å². The maximum absolute atomic E-state index is 10.8. The Morgan fingerprint density at radius 2 is 1.62 bits per heavy atom. The lowest BCUT2D eigenvalue weighted by atomic mass is 10.0. The molecule has 0 aliphatic carbocycles. The average Bonchev–Trinajstić information content (AvgIpc) is 2.25. The highest BCUT2D eigenvalue weighted by Gasteiger charge is 2.30. The van der Waals surface area contributed by atoms with Gasteiger partial charge in [-0.2, -0.15) is 0 Å². The van der Waals surface area contributed by atoms with Gasteiger partial charge < -0.3 is 30.4 Å². The summed E-state index contributed by atoms with van der Waals surface area (Å²) >= 11 is 1.51. The molecule has 0 aromatic heterocycles. The molecule has 0 radical (unpaired) electrons. The Hall–Kier alpha value is 0. The van der Waals surface area contributed by atoms with Gasteiger partial charge in [-0.1, -0.05) is 0 Å². The number of carbonyl (C=O) groups is 1. The van der Waals surface area contributed by atoms with Crippen LogP contribution in [0.15, 0.2) is 0 Å². The number of rotatable bonds is 6. The third-order valence-electron chi connectivity index (χ3n) is 2.09. The summed E-state index contributed by atoms with van der Waals surface area (Å²) in [5.41, 5.74) is 0. The van der Waals surface area contributed by atoms with Gasteiger partial charge in [0, 0.05) is 36.2 Å². The summed E-state index contributed by atoms with van der Waals surface area (Å²) < 4.78 is -0.332. The van der Waals surface area contributed by atoms with Gasteiger partial charge in [0.25, 0.3) is 3.91 Å². The number of nitrogens with zero attached hydrogens (tertiary/aromatic N) is 1. The van der Waals surface area contributed by atoms with Gasteiger partial charge in [-0.3, -0.25) is 4.79 Å². The minimum absolute atomic E-state index is 0.182. The number of aliphatic hydroxyl groups is 5. The summed E-state index contributed by atoms with van der Waals surface area (Å²) in [6, 6.07) is 0. The summed E-state index contributed by atoms with van der Waals surface area (Å²) in [6.07, 6.45) is -6.25. The monoisotopic (exact) mass is 349 g/mol. The molecule has 4 unspecified atom stereocenters. The molecule has 0 fully saturated rings. The Kier molecular flexibility index (Phi) is 7.35. The van der Waals surface area contributed by atoms with Crippen LogP contribution in [0.3, 0.4) is 0 Å². The first-order valence-electron chi connectivity index (χ1n) is 4.55. The second kappa shape index (κ2) is 7.35. The molecule has 96 valence electrons. The van der Waals surface area contributed by atoms with Crippen LogP contribution in [0.5, 0.6) is 0 Å². The second-order valence-corrected chi connectivity index (χ2v) is 4.35. The Bertz CT molecular complexity index is 229. The van der Waals surface area contributed by atoms with Crippen LogP contribution in [0, 0.1) is 0 Å². The fourth-order valence-corrected chi connectivity index (χ4v) is 1.22. The first kappa shape index (κ1) is 16.0. The topological polar surface area (TPSA) is 121 Å². The van der Waals surface area contributed by atoms with E-state index in [1.54, 1.807) is 0 Å². The summed E-state index contributed by atoms with van der Waals surface area (Å²) in [6.45, 7) is -0.913. The molecule has 4 atom stereocenters. The molecule has 0 bridgehead atoms. The summed E-state index contributed by atoms with van der Waals surface area (Å²) in [5, 5.41) is 45.7. The van der Waals surface area contributed by atoms with Crippen molar-refractivity contribution in [1.29, 1.82) is 0 Å². The molecule has 0 aromatic rings. The molecule has 0 aliphatic heterocycles. The summed E-state index contributed by atoms with van der Waals surface area (Å²) in [5.74, 6) is 0. The third-order valence-corrected chi connectivity index (χ3v) is 2.91. The van der Waals surface area contributed by atoms with Gasteiger partial charge in [-0.25, -0.2) is 0 Å². The number of aliphatic hydroxyl groups excluding tert-OH is 5. The predicted molar refractivity (Wildman–Crippen MR) is 63.2 cm³/mol. The number of hydrogen-bond donors (Lipinski definition) is 5. The van der Waals surface area contributed by atoms with E-state index in [0.29, 0.717) is 0 Å². The highest BCUT2D eigenvalue weighted by atomic mass is 127. The van der Waals surface area contributed by atoms with Crippen molar-refractivity contribution in [3.05, 3.63) is 0 Å². The standard InChI is InChI=1S/C8H16INO6/c1-10(8(9)16)2-4(12)6(14)7(15)5(13)3-11/h4-7,11-15H,2-3H2,1H3. The summed E-state index contributed by atoms with van der Waals surface area (Å²) in [4.78, 5) is 12.0. The zero-order chi connectivity index (χ0) is 12.9. The first-order chi connectivity index (χ1) is 7.31. The molecule has 0 rings (SSSR count). The molecule has 5 N–H and O–H groups in total. The zero-order valence-corrected chi connectivity index (χ0v) is 10.9. The van der Waals surface area contributed by atoms with E-state index in [1.807, 2.05) is 0 Å². The van der Waals surface area contributed by atoms with E-state index in [-0.39, 0.29) is 10.5 Å². The highest BCUT2D eigenvalue weighted by Crippen LogP contribution is 2.07. The first-order valence-corrected chi connectivity index (χ1v) is 5.62. The largest absolute Gasteiger partial charge is 0.394 e. The lowest BCUT2D eigenvalue weighted by molar-refractivity contribution is -0.116. The molecule has 0 saturated carbocycles. The molecule has 0 heterocycles. The molecular weight excluding hydrogens is 333 g/mol. The van der Waals surface area contributed by atoms with Gasteiger partial charge in [0.2, 0.25) is 0 Å². The van der Waals surface area contributed by atoms with E-state index in [2.05, 4.69) is 0 Å². The van der Waals surface area contributed by atoms with Crippen LogP contribution in [0.1, 0.15) is 0 Å². The fourth-order valence-electron chi connectivity index (χ4n) is 1.02. The van der Waals surface area contributed by atoms with Gasteiger partial charge in [-0.05, 0) is 0 Å². The molecule has 16 heavy (non-hydrogen) atoms. The molecular formula is C8H16INO6. The normalized spacial score (nSPS) is 18.7. The van der Waals surface area contributed by atoms with Crippen LogP contribution in [0.2, 0.25) is 0 Å². The lowest BCUT2D eigenvalue weighted by Crippen LogP contribution is -2.49. The van der Waals surface area contributed by atoms with Crippen molar-refractivity contribution < 1.29 is 30.3 Å². The van der Waals surface area contributed by atoms with Gasteiger partial charge in [0.1, 0.15) is 24.4 Å². The molecule has 7 nitrogen and oxygen atoms in total. The van der Waals surface area contributed by atoms with Gasteiger partial charge in [0.15, 0.2) is 0 Å². The molecule has 1 amide bonds. The van der Waals surface area contributed by atoms with E-state index in [1.165, 1.54) is 29.6 Å². The van der Waals surface area contributed by atoms with E-state index < -0.39 is 31.0 Å². The number of carbonyl (C=O) groups excluding carboxylic acids is 1. The Balaban J connectivity index is 4.27. The van der Waals surface area contributed by atoms with Gasteiger partial charge in [0.05, 0.1) is 6.61 Å². The van der Waals surface area contributed by atoms with Crippen molar-refractivity contribution in [2.75, 3.05) is 20.2 Å². The van der Waals surface area contributed by atoms with Crippen molar-refractivity contribution >= 4 is 26.5 Å². The van der Waals surface area contributed by atoms with E-state index >= 15 is 0 Å². The maximum Gasteiger partial charge on any atom is 0.283 e. The predicted octanol–water partition coefficient (Wildman–Crippen LogP) is -2.09. The van der Waals surface area contributed by atoms with Gasteiger partial charge >= 0.3 is 0 Å². The molecule has 0 aliphatic rings. The second-order valence-electron chi connectivity index (χ2n) is 3.43. The quantitative estimate of drug-likeness (QED) is 0.213. The van der Waals surface area contributed by atoms with Crippen molar-refractivity contribution in [2.45, 2.75) is 24.4 Å². The number of likely N-dealkylation sites (N-methyl/N-ethyl adjacent to an activating group) is 1. The maximum atomic E-state index is 10.8. The van der Waals surface area contributed by atoms with Crippen LogP contribution in [0.25, 0.3) is 0 Å². The molecule has 0 spiro atoms. The van der Waals surface area contributed by atoms with E-state index in [9.17, 15) is 20.1 Å². The number of halogens is 1. The smallest absolute Gasteiger partial charge is 0.283 e. The lowest BCUT2D eigenvalue weighted by Gasteiger charge is -2.27. The highest BCUT2D eigenvalue weighted by molar-refractivity contribution is 14.1. The van der Waals surface area contributed by atoms with Crippen LogP contribution >= 0.6 is 22.6 Å². The van der Waals surface area contributed by atoms with Crippen LogP contribution in [-0.4, -0.2) is 79.0 Å². The number of hydrogen-bond acceptors (Lipinski definition) is 6. The van der Waals surface area contributed by atoms with E-state index in [4.69, 9.17) is 10.2 Å². The fraction of sp³-hybridized carbons (Fsp3) is 0.875. The molecule has 8 heteroatoms. The van der Waals surface area contributed by atoms with Crippen molar-refractivity contribution in [2.24, 2.45) is 0 Å². The van der Waals surface area contributed by atoms with Crippen LogP contribution in [0.4, 0.5) is 4.79 Å².